The smallest absolute Gasteiger partial charge is 0.218 e. The maximum absolute atomic E-state index is 12.8. The van der Waals surface area contributed by atoms with Gasteiger partial charge in [0.2, 0.25) is 5.88 Å². The van der Waals surface area contributed by atoms with E-state index in [9.17, 15) is 4.39 Å². The second kappa shape index (κ2) is 3.92. The molecule has 0 atom stereocenters. The molecule has 0 saturated carbocycles. The number of aromatic nitrogens is 1. The van der Waals surface area contributed by atoms with Crippen LogP contribution in [0.4, 0.5) is 4.39 Å². The summed E-state index contributed by atoms with van der Waals surface area (Å²) in [7, 11) is 0. The highest BCUT2D eigenvalue weighted by molar-refractivity contribution is 5.26. The van der Waals surface area contributed by atoms with Gasteiger partial charge in [-0.25, -0.2) is 9.37 Å². The highest BCUT2D eigenvalue weighted by Gasteiger charge is 2.15. The first-order chi connectivity index (χ1) is 6.42. The fourth-order valence-electron chi connectivity index (χ4n) is 0.997. The van der Waals surface area contributed by atoms with Crippen LogP contribution < -0.4 is 10.5 Å². The Hall–Kier alpha value is -1.16. The van der Waals surface area contributed by atoms with Crippen LogP contribution in [0.15, 0.2) is 12.3 Å². The van der Waals surface area contributed by atoms with Crippen LogP contribution in [0.2, 0.25) is 0 Å². The molecule has 0 aliphatic rings. The quantitative estimate of drug-likeness (QED) is 0.789. The van der Waals surface area contributed by atoms with Crippen LogP contribution in [0.3, 0.4) is 0 Å². The molecule has 0 unspecified atom stereocenters. The largest absolute Gasteiger partial charge is 0.472 e. The number of rotatable bonds is 2. The monoisotopic (exact) mass is 198 g/mol. The summed E-state index contributed by atoms with van der Waals surface area (Å²) < 4.78 is 18.3. The van der Waals surface area contributed by atoms with E-state index in [2.05, 4.69) is 4.98 Å². The highest BCUT2D eigenvalue weighted by atomic mass is 19.1. The molecule has 0 aliphatic carbocycles. The van der Waals surface area contributed by atoms with E-state index >= 15 is 0 Å². The summed E-state index contributed by atoms with van der Waals surface area (Å²) in [5, 5.41) is 0. The van der Waals surface area contributed by atoms with Gasteiger partial charge in [-0.3, -0.25) is 0 Å². The molecule has 0 bridgehead atoms. The van der Waals surface area contributed by atoms with Crippen molar-refractivity contribution in [2.75, 3.05) is 0 Å². The van der Waals surface area contributed by atoms with Crippen LogP contribution >= 0.6 is 0 Å². The van der Waals surface area contributed by atoms with Gasteiger partial charge in [-0.2, -0.15) is 0 Å². The molecule has 0 saturated heterocycles. The fraction of sp³-hybridized carbons (Fsp3) is 0.500. The van der Waals surface area contributed by atoms with Gasteiger partial charge in [0.05, 0.1) is 6.20 Å². The van der Waals surface area contributed by atoms with Crippen molar-refractivity contribution in [3.05, 3.63) is 23.6 Å². The van der Waals surface area contributed by atoms with Crippen LogP contribution in [-0.2, 0) is 6.54 Å². The molecule has 1 heterocycles. The van der Waals surface area contributed by atoms with Crippen molar-refractivity contribution in [1.29, 1.82) is 0 Å². The highest BCUT2D eigenvalue weighted by Crippen LogP contribution is 2.20. The van der Waals surface area contributed by atoms with E-state index in [0.717, 1.165) is 6.20 Å². The van der Waals surface area contributed by atoms with Crippen LogP contribution in [0.1, 0.15) is 26.3 Å². The minimum absolute atomic E-state index is 0.218. The first kappa shape index (κ1) is 10.9. The maximum Gasteiger partial charge on any atom is 0.218 e. The van der Waals surface area contributed by atoms with E-state index in [1.165, 1.54) is 6.07 Å². The molecule has 0 fully saturated rings. The predicted molar refractivity (Wildman–Crippen MR) is 52.5 cm³/mol. The second-order valence-corrected chi connectivity index (χ2v) is 4.04. The zero-order valence-electron chi connectivity index (χ0n) is 8.67. The summed E-state index contributed by atoms with van der Waals surface area (Å²) in [5.74, 6) is 0.00751. The molecule has 1 rings (SSSR count). The van der Waals surface area contributed by atoms with Gasteiger partial charge in [-0.15, -0.1) is 0 Å². The number of hydrogen-bond donors (Lipinski definition) is 1. The van der Waals surface area contributed by atoms with E-state index in [0.29, 0.717) is 11.4 Å². The van der Waals surface area contributed by atoms with Gasteiger partial charge in [0.15, 0.2) is 0 Å². The Morgan fingerprint density at radius 1 is 1.50 bits per heavy atom. The third-order valence-corrected chi connectivity index (χ3v) is 1.51. The molecule has 0 radical (unpaired) electrons. The van der Waals surface area contributed by atoms with Gasteiger partial charge in [-0.1, -0.05) is 0 Å². The van der Waals surface area contributed by atoms with E-state index in [4.69, 9.17) is 10.5 Å². The predicted octanol–water partition coefficient (Wildman–Crippen LogP) is 1.86. The third-order valence-electron chi connectivity index (χ3n) is 1.51. The van der Waals surface area contributed by atoms with Crippen LogP contribution in [0, 0.1) is 5.82 Å². The van der Waals surface area contributed by atoms with Gasteiger partial charge in [0.25, 0.3) is 0 Å². The Labute approximate surface area is 83.1 Å². The molecule has 0 amide bonds. The lowest BCUT2D eigenvalue weighted by Crippen LogP contribution is -2.24. The van der Waals surface area contributed by atoms with Crippen LogP contribution in [0.25, 0.3) is 0 Å². The Morgan fingerprint density at radius 3 is 2.64 bits per heavy atom. The number of pyridine rings is 1. The number of halogens is 1. The number of ether oxygens (including phenoxy) is 1. The average molecular weight is 198 g/mol. The van der Waals surface area contributed by atoms with Crippen molar-refractivity contribution in [1.82, 2.24) is 4.98 Å². The Bertz CT molecular complexity index is 320. The summed E-state index contributed by atoms with van der Waals surface area (Å²) >= 11 is 0. The van der Waals surface area contributed by atoms with Crippen molar-refractivity contribution in [3.63, 3.8) is 0 Å². The lowest BCUT2D eigenvalue weighted by Gasteiger charge is -2.21. The summed E-state index contributed by atoms with van der Waals surface area (Å²) in [6.07, 6.45) is 1.13. The zero-order valence-corrected chi connectivity index (χ0v) is 8.67. The summed E-state index contributed by atoms with van der Waals surface area (Å²) in [6, 6.07) is 1.34. The van der Waals surface area contributed by atoms with Gasteiger partial charge < -0.3 is 10.5 Å². The van der Waals surface area contributed by atoms with Crippen molar-refractivity contribution < 1.29 is 9.13 Å². The van der Waals surface area contributed by atoms with Gasteiger partial charge in [0, 0.05) is 12.1 Å². The minimum Gasteiger partial charge on any atom is -0.472 e. The number of nitrogens with two attached hydrogens (primary N) is 1. The first-order valence-corrected chi connectivity index (χ1v) is 4.46. The molecule has 78 valence electrons. The van der Waals surface area contributed by atoms with Crippen molar-refractivity contribution in [3.8, 4) is 5.88 Å². The molecular formula is C10H15FN2O. The van der Waals surface area contributed by atoms with Gasteiger partial charge in [-0.05, 0) is 26.8 Å². The number of hydrogen-bond acceptors (Lipinski definition) is 3. The number of nitrogens with zero attached hydrogens (tertiary/aromatic N) is 1. The van der Waals surface area contributed by atoms with E-state index in [1.54, 1.807) is 0 Å². The maximum atomic E-state index is 12.8. The van der Waals surface area contributed by atoms with E-state index < -0.39 is 5.82 Å². The molecule has 0 spiro atoms. The first-order valence-electron chi connectivity index (χ1n) is 4.46. The lowest BCUT2D eigenvalue weighted by atomic mass is 10.2. The SMILES string of the molecule is CC(C)(C)Oc1ncc(F)cc1CN. The standard InChI is InChI=1S/C10H15FN2O/c1-10(2,3)14-9-7(5-12)4-8(11)6-13-9/h4,6H,5,12H2,1-3H3. The second-order valence-electron chi connectivity index (χ2n) is 4.04. The third kappa shape index (κ3) is 2.96. The van der Waals surface area contributed by atoms with Crippen molar-refractivity contribution >= 4 is 0 Å². The molecule has 2 N–H and O–H groups in total. The van der Waals surface area contributed by atoms with Gasteiger partial charge >= 0.3 is 0 Å². The van der Waals surface area contributed by atoms with Crippen LogP contribution in [-0.4, -0.2) is 10.6 Å². The molecule has 0 aromatic carbocycles. The molecule has 14 heavy (non-hydrogen) atoms. The van der Waals surface area contributed by atoms with Crippen molar-refractivity contribution in [2.45, 2.75) is 32.9 Å². The summed E-state index contributed by atoms with van der Waals surface area (Å²) in [6.45, 7) is 5.92. The minimum atomic E-state index is -0.397. The molecule has 4 heteroatoms. The van der Waals surface area contributed by atoms with Crippen molar-refractivity contribution in [2.24, 2.45) is 5.73 Å². The summed E-state index contributed by atoms with van der Waals surface area (Å²) in [5.41, 5.74) is 5.68. The fourth-order valence-corrected chi connectivity index (χ4v) is 0.997. The normalized spacial score (nSPS) is 11.5. The molecule has 3 nitrogen and oxygen atoms in total. The topological polar surface area (TPSA) is 48.1 Å². The van der Waals surface area contributed by atoms with E-state index in [1.807, 2.05) is 20.8 Å². The molecule has 1 aromatic rings. The molecule has 0 aliphatic heterocycles. The Kier molecular flexibility index (Phi) is 3.06. The van der Waals surface area contributed by atoms with Gasteiger partial charge in [0.1, 0.15) is 11.4 Å². The zero-order chi connectivity index (χ0) is 10.8. The summed E-state index contributed by atoms with van der Waals surface area (Å²) in [4.78, 5) is 3.86. The molecule has 1 aromatic heterocycles. The Morgan fingerprint density at radius 2 is 2.14 bits per heavy atom. The van der Waals surface area contributed by atoms with E-state index in [-0.39, 0.29) is 12.1 Å². The average Bonchev–Trinajstić information content (AvgIpc) is 2.06. The van der Waals surface area contributed by atoms with Crippen LogP contribution in [0.5, 0.6) is 5.88 Å². The lowest BCUT2D eigenvalue weighted by molar-refractivity contribution is 0.122. The molecular weight excluding hydrogens is 183 g/mol. The Balaban J connectivity index is 2.97.